The number of ether oxygens (including phenoxy) is 2. The molecule has 0 bridgehead atoms. The molecule has 0 aliphatic heterocycles. The van der Waals surface area contributed by atoms with Crippen molar-refractivity contribution in [2.24, 2.45) is 0 Å². The highest BCUT2D eigenvalue weighted by Gasteiger charge is 2.21. The summed E-state index contributed by atoms with van der Waals surface area (Å²) in [7, 11) is 5.30. The van der Waals surface area contributed by atoms with Crippen molar-refractivity contribution in [3.05, 3.63) is 66.5 Å². The minimum absolute atomic E-state index is 0.000473. The van der Waals surface area contributed by atoms with E-state index < -0.39 is 18.5 Å². The molecular weight excluding hydrogens is 372 g/mol. The first kappa shape index (κ1) is 19.9. The summed E-state index contributed by atoms with van der Waals surface area (Å²) in [4.78, 5) is 26.4. The molecule has 1 N–H and O–H groups in total. The maximum absolute atomic E-state index is 12.4. The van der Waals surface area contributed by atoms with Gasteiger partial charge in [0.1, 0.15) is 0 Å². The quantitative estimate of drug-likeness (QED) is 0.620. The number of anilines is 2. The van der Waals surface area contributed by atoms with E-state index in [1.807, 2.05) is 61.5 Å². The van der Waals surface area contributed by atoms with Crippen molar-refractivity contribution in [1.82, 2.24) is 9.78 Å². The fourth-order valence-electron chi connectivity index (χ4n) is 2.60. The Morgan fingerprint density at radius 3 is 2.38 bits per heavy atom. The molecular formula is C21H22N4O4. The van der Waals surface area contributed by atoms with Gasteiger partial charge in [-0.3, -0.25) is 4.79 Å². The van der Waals surface area contributed by atoms with E-state index >= 15 is 0 Å². The van der Waals surface area contributed by atoms with Crippen molar-refractivity contribution < 1.29 is 19.1 Å². The molecule has 3 rings (SSSR count). The highest BCUT2D eigenvalue weighted by molar-refractivity contribution is 5.95. The lowest BCUT2D eigenvalue weighted by atomic mass is 10.2. The van der Waals surface area contributed by atoms with Gasteiger partial charge in [-0.05, 0) is 36.4 Å². The van der Waals surface area contributed by atoms with Crippen molar-refractivity contribution in [3.8, 4) is 11.4 Å². The van der Waals surface area contributed by atoms with Crippen molar-refractivity contribution in [1.29, 1.82) is 0 Å². The Morgan fingerprint density at radius 1 is 1.07 bits per heavy atom. The number of hydrogen-bond donors (Lipinski definition) is 1. The van der Waals surface area contributed by atoms with Crippen LogP contribution in [0.3, 0.4) is 0 Å². The largest absolute Gasteiger partial charge is 0.493 e. The maximum atomic E-state index is 12.4. The van der Waals surface area contributed by atoms with Crippen LogP contribution in [0.5, 0.6) is 5.75 Å². The fourth-order valence-corrected chi connectivity index (χ4v) is 2.60. The number of amides is 1. The number of nitrogens with one attached hydrogen (secondary N) is 1. The zero-order valence-electron chi connectivity index (χ0n) is 16.5. The zero-order valence-corrected chi connectivity index (χ0v) is 16.5. The molecule has 0 aliphatic carbocycles. The molecule has 0 saturated carbocycles. The second-order valence-corrected chi connectivity index (χ2v) is 6.39. The highest BCUT2D eigenvalue weighted by Crippen LogP contribution is 2.20. The normalized spacial score (nSPS) is 10.3. The summed E-state index contributed by atoms with van der Waals surface area (Å²) >= 11 is 0. The van der Waals surface area contributed by atoms with Crippen molar-refractivity contribution in [3.63, 3.8) is 0 Å². The van der Waals surface area contributed by atoms with E-state index in [2.05, 4.69) is 10.4 Å². The molecule has 0 radical (unpaired) electrons. The molecule has 0 saturated heterocycles. The number of carbonyl (C=O) groups excluding carboxylic acids is 2. The van der Waals surface area contributed by atoms with Gasteiger partial charge in [0.2, 0.25) is 5.69 Å². The number of rotatable bonds is 7. The summed E-state index contributed by atoms with van der Waals surface area (Å²) in [6.07, 6.45) is 1.58. The lowest BCUT2D eigenvalue weighted by Crippen LogP contribution is -2.21. The van der Waals surface area contributed by atoms with E-state index in [0.717, 1.165) is 11.4 Å². The topological polar surface area (TPSA) is 85.7 Å². The van der Waals surface area contributed by atoms with Gasteiger partial charge < -0.3 is 19.7 Å². The van der Waals surface area contributed by atoms with Crippen LogP contribution in [0.1, 0.15) is 10.5 Å². The second-order valence-electron chi connectivity index (χ2n) is 6.39. The average Bonchev–Trinajstić information content (AvgIpc) is 3.18. The van der Waals surface area contributed by atoms with Crippen LogP contribution in [0.25, 0.3) is 5.69 Å². The molecule has 0 atom stereocenters. The number of hydrogen-bond acceptors (Lipinski definition) is 6. The average molecular weight is 394 g/mol. The van der Waals surface area contributed by atoms with Crippen LogP contribution in [-0.4, -0.2) is 49.5 Å². The van der Waals surface area contributed by atoms with Gasteiger partial charge in [-0.15, -0.1) is 0 Å². The minimum Gasteiger partial charge on any atom is -0.493 e. The van der Waals surface area contributed by atoms with Gasteiger partial charge in [0.15, 0.2) is 12.4 Å². The Balaban J connectivity index is 1.61. The van der Waals surface area contributed by atoms with E-state index in [9.17, 15) is 9.59 Å². The van der Waals surface area contributed by atoms with Gasteiger partial charge in [-0.1, -0.05) is 18.2 Å². The van der Waals surface area contributed by atoms with Crippen LogP contribution in [-0.2, 0) is 9.53 Å². The smallest absolute Gasteiger partial charge is 0.363 e. The molecule has 8 nitrogen and oxygen atoms in total. The Kier molecular flexibility index (Phi) is 6.13. The lowest BCUT2D eigenvalue weighted by molar-refractivity contribution is -0.119. The lowest BCUT2D eigenvalue weighted by Gasteiger charge is -2.13. The highest BCUT2D eigenvalue weighted by atomic mass is 16.5. The number of methoxy groups -OCH3 is 1. The summed E-state index contributed by atoms with van der Waals surface area (Å²) in [5.74, 6) is -0.925. The molecule has 0 fully saturated rings. The van der Waals surface area contributed by atoms with Gasteiger partial charge in [-0.2, -0.15) is 5.10 Å². The number of para-hydroxylation sites is 1. The van der Waals surface area contributed by atoms with Crippen molar-refractivity contribution >= 4 is 23.3 Å². The third-order valence-electron chi connectivity index (χ3n) is 4.12. The van der Waals surface area contributed by atoms with E-state index in [4.69, 9.17) is 9.47 Å². The SMILES string of the molecule is COc1cn(-c2ccccc2)nc1C(=O)OCC(=O)Nc1ccc(N(C)C)cc1. The molecule has 1 heterocycles. The molecule has 0 unspecified atom stereocenters. The van der Waals surface area contributed by atoms with E-state index in [1.54, 1.807) is 18.3 Å². The number of carbonyl (C=O) groups is 2. The van der Waals surface area contributed by atoms with Crippen molar-refractivity contribution in [2.75, 3.05) is 38.0 Å². The van der Waals surface area contributed by atoms with Gasteiger partial charge in [0, 0.05) is 25.5 Å². The predicted octanol–water partition coefficient (Wildman–Crippen LogP) is 2.74. The summed E-state index contributed by atoms with van der Waals surface area (Å²) < 4.78 is 11.8. The molecule has 8 heteroatoms. The number of aromatic nitrogens is 2. The van der Waals surface area contributed by atoms with Crippen LogP contribution in [0.4, 0.5) is 11.4 Å². The second kappa shape index (κ2) is 8.92. The Bertz CT molecular complexity index is 982. The van der Waals surface area contributed by atoms with Crippen LogP contribution >= 0.6 is 0 Å². The standard InChI is InChI=1S/C21H22N4O4/c1-24(2)16-11-9-15(10-12-16)22-19(26)14-29-21(27)20-18(28-3)13-25(23-20)17-7-5-4-6-8-17/h4-13H,14H2,1-3H3,(H,22,26). The third kappa shape index (κ3) is 4.92. The van der Waals surface area contributed by atoms with Crippen LogP contribution in [0, 0.1) is 0 Å². The molecule has 0 aliphatic rings. The first-order chi connectivity index (χ1) is 14.0. The van der Waals surface area contributed by atoms with Gasteiger partial charge in [0.25, 0.3) is 5.91 Å². The Labute approximate surface area is 168 Å². The molecule has 150 valence electrons. The van der Waals surface area contributed by atoms with Gasteiger partial charge in [-0.25, -0.2) is 9.48 Å². The molecule has 0 spiro atoms. The van der Waals surface area contributed by atoms with Gasteiger partial charge >= 0.3 is 5.97 Å². The third-order valence-corrected chi connectivity index (χ3v) is 4.12. The Morgan fingerprint density at radius 2 is 1.76 bits per heavy atom. The summed E-state index contributed by atoms with van der Waals surface area (Å²) in [5, 5.41) is 6.90. The van der Waals surface area contributed by atoms with E-state index in [1.165, 1.54) is 11.8 Å². The first-order valence-corrected chi connectivity index (χ1v) is 8.91. The summed E-state index contributed by atoms with van der Waals surface area (Å²) in [6.45, 7) is -0.435. The summed E-state index contributed by atoms with van der Waals surface area (Å²) in [6, 6.07) is 16.6. The number of benzene rings is 2. The Hall–Kier alpha value is -3.81. The van der Waals surface area contributed by atoms with Crippen molar-refractivity contribution in [2.45, 2.75) is 0 Å². The molecule has 29 heavy (non-hydrogen) atoms. The molecule has 3 aromatic rings. The van der Waals surface area contributed by atoms with Gasteiger partial charge in [0.05, 0.1) is 19.0 Å². The summed E-state index contributed by atoms with van der Waals surface area (Å²) in [5.41, 5.74) is 2.39. The van der Waals surface area contributed by atoms with Crippen LogP contribution in [0.2, 0.25) is 0 Å². The fraction of sp³-hybridized carbons (Fsp3) is 0.190. The van der Waals surface area contributed by atoms with Crippen LogP contribution < -0.4 is 15.0 Å². The first-order valence-electron chi connectivity index (χ1n) is 8.91. The maximum Gasteiger partial charge on any atom is 0.363 e. The predicted molar refractivity (Wildman–Crippen MR) is 110 cm³/mol. The minimum atomic E-state index is -0.741. The number of nitrogens with zero attached hydrogens (tertiary/aromatic N) is 3. The molecule has 1 aromatic heterocycles. The van der Waals surface area contributed by atoms with E-state index in [-0.39, 0.29) is 11.4 Å². The molecule has 2 aromatic carbocycles. The van der Waals surface area contributed by atoms with Crippen LogP contribution in [0.15, 0.2) is 60.8 Å². The number of esters is 1. The monoisotopic (exact) mass is 394 g/mol. The van der Waals surface area contributed by atoms with E-state index in [0.29, 0.717) is 5.69 Å². The molecule has 1 amide bonds. The zero-order chi connectivity index (χ0) is 20.8.